The first kappa shape index (κ1) is 98.0. The molecule has 0 aliphatic heterocycles. The number of rotatable bonds is 14. The largest absolute Gasteiger partial charge is 0.358 e. The maximum atomic E-state index is 2.30. The molecule has 11 aromatic rings. The van der Waals surface area contributed by atoms with Crippen molar-refractivity contribution in [3.05, 3.63) is 319 Å². The number of aryl methyl sites for hydroxylation is 14. The Bertz CT molecular complexity index is 3440. The van der Waals surface area contributed by atoms with Crippen LogP contribution in [0, 0.1) is 22.3 Å². The molecule has 3 radical (unpaired) electrons. The Hall–Kier alpha value is -5.67. The van der Waals surface area contributed by atoms with Gasteiger partial charge in [0.1, 0.15) is 0 Å². The maximum Gasteiger partial charge on any atom is 0 e. The molecule has 0 amide bonds. The van der Waals surface area contributed by atoms with E-state index in [2.05, 4.69) is 315 Å². The van der Waals surface area contributed by atoms with Crippen molar-refractivity contribution in [2.45, 2.75) is 209 Å². The van der Waals surface area contributed by atoms with E-state index >= 15 is 0 Å². The average molecular weight is 1540 g/mol. The van der Waals surface area contributed by atoms with Crippen LogP contribution >= 0.6 is 0 Å². The zero-order valence-electron chi connectivity index (χ0n) is 59.7. The Kier molecular flexibility index (Phi) is 57.1. The van der Waals surface area contributed by atoms with Crippen LogP contribution < -0.4 is 0 Å². The fourth-order valence-corrected chi connectivity index (χ4v) is 11.0. The molecule has 0 aromatic heterocycles. The molecule has 0 spiro atoms. The van der Waals surface area contributed by atoms with Crippen LogP contribution in [-0.2, 0) is 148 Å². The van der Waals surface area contributed by atoms with E-state index in [-0.39, 0.29) is 103 Å². The van der Waals surface area contributed by atoms with Gasteiger partial charge in [0, 0.05) is 58.4 Å². The summed E-state index contributed by atoms with van der Waals surface area (Å²) in [4.78, 5) is 0. The summed E-state index contributed by atoms with van der Waals surface area (Å²) < 4.78 is 0. The van der Waals surface area contributed by atoms with Crippen molar-refractivity contribution in [3.63, 3.8) is 0 Å². The molecule has 11 aromatic carbocycles. The SMILES string of the molecule is C.C.C.CCc1ccc(CC)c2ccccc12.CCc1ccc(CC)cc1.CCc1ccc2cc(CC)ccc2c1.CCc1ccc2ccc(CC)cc2c1.CCc1cccc(CC)c1.CCc1cccc2c(CC)cccc12.CCc1ccccc1CC.[CH3-].[CH3-].[CH3-].[Rh].[Rh].[Rh]. The molecule has 0 fully saturated rings. The molecule has 0 unspecified atom stereocenters. The molecule has 0 N–H and O–H groups in total. The van der Waals surface area contributed by atoms with Crippen LogP contribution in [0.25, 0.3) is 43.1 Å². The van der Waals surface area contributed by atoms with Gasteiger partial charge in [0.25, 0.3) is 0 Å². The van der Waals surface area contributed by atoms with Gasteiger partial charge in [0.05, 0.1) is 0 Å². The molecular weight excluding hydrogens is 1410 g/mol. The van der Waals surface area contributed by atoms with Crippen LogP contribution in [0.2, 0.25) is 0 Å². The van der Waals surface area contributed by atoms with E-state index < -0.39 is 0 Å². The van der Waals surface area contributed by atoms with Gasteiger partial charge in [0.15, 0.2) is 0 Å². The second-order valence-electron chi connectivity index (χ2n) is 22.2. The third kappa shape index (κ3) is 31.2. The smallest absolute Gasteiger partial charge is 0 e. The maximum absolute atomic E-state index is 2.30. The summed E-state index contributed by atoms with van der Waals surface area (Å²) in [6.07, 6.45) is 15.8. The molecule has 95 heavy (non-hydrogen) atoms. The predicted octanol–water partition coefficient (Wildman–Crippen LogP) is 27.5. The van der Waals surface area contributed by atoms with Gasteiger partial charge in [-0.05, 0) is 211 Å². The molecule has 0 bridgehead atoms. The standard InChI is InChI=1S/4C14H16.3C10H14.3CH4.3CH3.3Rh/c1-3-11-5-7-14-10-12(4-2)6-8-13(14)9-11;1-3-11-5-7-13-8-6-12(4-2)10-14(13)9-11;1-3-11-7-5-10-14-12(4-2)8-6-9-13(11)14;1-3-11-9-10-12(4-2)14-8-6-5-7-13(11)14;1-3-9-5-7-10(4-2)8-6-9;1-3-9-6-5-7-10(4-2)8-9;1-3-9-7-5-6-8-10(9)4-2;;;;;;;;;/h4*5-10H,3-4H2,1-2H3;3*5-8H,3-4H2,1-2H3;3*1H4;3*1H3;;;/q;;;;;;;;;;3*-1;;;. The fraction of sp³-hybridized carbons (Fsp3) is 0.337. The third-order valence-corrected chi connectivity index (χ3v) is 16.8. The van der Waals surface area contributed by atoms with Gasteiger partial charge in [-0.1, -0.05) is 338 Å². The monoisotopic (exact) mass is 1540 g/mol. The van der Waals surface area contributed by atoms with Crippen LogP contribution in [0.5, 0.6) is 0 Å². The van der Waals surface area contributed by atoms with Crippen LogP contribution in [0.1, 0.15) is 197 Å². The molecule has 0 heterocycles. The predicted molar refractivity (Wildman–Crippen MR) is 426 cm³/mol. The fourth-order valence-electron chi connectivity index (χ4n) is 11.0. The summed E-state index contributed by atoms with van der Waals surface area (Å²) in [5.74, 6) is 0. The molecule has 3 heteroatoms. The van der Waals surface area contributed by atoms with Crippen molar-refractivity contribution in [1.82, 2.24) is 0 Å². The molecule has 11 rings (SSSR count). The van der Waals surface area contributed by atoms with E-state index in [1.54, 1.807) is 0 Å². The molecule has 0 saturated carbocycles. The molecule has 0 saturated heterocycles. The van der Waals surface area contributed by atoms with Crippen molar-refractivity contribution in [3.8, 4) is 0 Å². The molecule has 0 aliphatic carbocycles. The molecule has 0 nitrogen and oxygen atoms in total. The van der Waals surface area contributed by atoms with E-state index in [4.69, 9.17) is 0 Å². The van der Waals surface area contributed by atoms with Gasteiger partial charge < -0.3 is 22.3 Å². The summed E-state index contributed by atoms with van der Waals surface area (Å²) in [7, 11) is 0. The topological polar surface area (TPSA) is 0 Å². The third-order valence-electron chi connectivity index (χ3n) is 16.8. The zero-order valence-corrected chi connectivity index (χ0v) is 64.6. The van der Waals surface area contributed by atoms with Gasteiger partial charge >= 0.3 is 0 Å². The van der Waals surface area contributed by atoms with Gasteiger partial charge in [-0.3, -0.25) is 0 Å². The van der Waals surface area contributed by atoms with Crippen LogP contribution in [0.3, 0.4) is 0 Å². The van der Waals surface area contributed by atoms with Gasteiger partial charge in [-0.2, -0.15) is 0 Å². The van der Waals surface area contributed by atoms with E-state index in [1.165, 1.54) is 121 Å². The normalized spacial score (nSPS) is 9.41. The Morgan fingerprint density at radius 2 is 0.379 bits per heavy atom. The number of hydrogen-bond acceptors (Lipinski definition) is 0. The van der Waals surface area contributed by atoms with Crippen molar-refractivity contribution < 1.29 is 58.4 Å². The summed E-state index contributed by atoms with van der Waals surface area (Å²) in [6, 6.07) is 79.7. The molecule has 0 aliphatic rings. The van der Waals surface area contributed by atoms with Gasteiger partial charge in [-0.25, -0.2) is 0 Å². The minimum atomic E-state index is 0. The van der Waals surface area contributed by atoms with E-state index in [0.29, 0.717) is 0 Å². The molecule has 0 atom stereocenters. The second-order valence-corrected chi connectivity index (χ2v) is 22.2. The summed E-state index contributed by atoms with van der Waals surface area (Å²) in [5.41, 5.74) is 20.2. The first-order chi connectivity index (χ1) is 42.0. The zero-order chi connectivity index (χ0) is 62.1. The quantitative estimate of drug-likeness (QED) is 0.0752. The summed E-state index contributed by atoms with van der Waals surface area (Å²) in [6.45, 7) is 30.8. The molecule has 525 valence electrons. The van der Waals surface area contributed by atoms with Gasteiger partial charge in [-0.15, -0.1) is 0 Å². The summed E-state index contributed by atoms with van der Waals surface area (Å²) in [5, 5.41) is 11.2. The van der Waals surface area contributed by atoms with Crippen molar-refractivity contribution in [2.24, 2.45) is 0 Å². The first-order valence-electron chi connectivity index (χ1n) is 33.2. The van der Waals surface area contributed by atoms with Gasteiger partial charge in [0.2, 0.25) is 0 Å². The Balaban J connectivity index is -0.000000328. The Morgan fingerprint density at radius 3 is 0.663 bits per heavy atom. The van der Waals surface area contributed by atoms with Crippen molar-refractivity contribution in [1.29, 1.82) is 0 Å². The average Bonchev–Trinajstić information content (AvgIpc) is 2.54. The van der Waals surface area contributed by atoms with Crippen molar-refractivity contribution in [2.75, 3.05) is 0 Å². The first-order valence-corrected chi connectivity index (χ1v) is 33.2. The number of hydrogen-bond donors (Lipinski definition) is 0. The number of fused-ring (bicyclic) bond motifs is 4. The van der Waals surface area contributed by atoms with E-state index in [1.807, 2.05) is 0 Å². The second kappa shape index (κ2) is 55.3. The van der Waals surface area contributed by atoms with E-state index in [0.717, 1.165) is 89.9 Å². The van der Waals surface area contributed by atoms with E-state index in [9.17, 15) is 0 Å². The Labute approximate surface area is 624 Å². The van der Waals surface area contributed by atoms with Crippen LogP contribution in [0.15, 0.2) is 218 Å². The summed E-state index contributed by atoms with van der Waals surface area (Å²) >= 11 is 0. The Morgan fingerprint density at radius 1 is 0.168 bits per heavy atom. The molecular formula is C92H127Rh3-3. The van der Waals surface area contributed by atoms with Crippen molar-refractivity contribution >= 4 is 43.1 Å². The van der Waals surface area contributed by atoms with Crippen LogP contribution in [0.4, 0.5) is 0 Å². The minimum absolute atomic E-state index is 0. The van der Waals surface area contributed by atoms with Crippen LogP contribution in [-0.4, -0.2) is 0 Å². The number of benzene rings is 11. The minimum Gasteiger partial charge on any atom is -0.358 e.